The molecule has 0 saturated heterocycles. The van der Waals surface area contributed by atoms with Crippen LogP contribution in [0.4, 0.5) is 0 Å². The van der Waals surface area contributed by atoms with E-state index in [1.165, 1.54) is 11.6 Å². The largest absolute Gasteiger partial charge is 0.478 e. The first-order valence-electron chi connectivity index (χ1n) is 6.30. The Morgan fingerprint density at radius 3 is 2.45 bits per heavy atom. The third-order valence-corrected chi connectivity index (χ3v) is 3.39. The Kier molecular flexibility index (Phi) is 4.77. The summed E-state index contributed by atoms with van der Waals surface area (Å²) in [5.74, 6) is -0.962. The van der Waals surface area contributed by atoms with Crippen molar-refractivity contribution < 1.29 is 9.90 Å². The summed E-state index contributed by atoms with van der Waals surface area (Å²) >= 11 is 6.13. The lowest BCUT2D eigenvalue weighted by Crippen LogP contribution is -2.17. The van der Waals surface area contributed by atoms with Crippen LogP contribution in [-0.4, -0.2) is 23.0 Å². The molecule has 0 radical (unpaired) electrons. The van der Waals surface area contributed by atoms with E-state index >= 15 is 0 Å². The number of hydrogen-bond acceptors (Lipinski definition) is 2. The number of carbonyl (C=O) groups is 1. The molecule has 0 aromatic heterocycles. The van der Waals surface area contributed by atoms with Crippen LogP contribution >= 0.6 is 11.6 Å². The maximum Gasteiger partial charge on any atom is 0.335 e. The summed E-state index contributed by atoms with van der Waals surface area (Å²) in [6, 6.07) is 15.0. The monoisotopic (exact) mass is 289 g/mol. The van der Waals surface area contributed by atoms with Gasteiger partial charge in [-0.2, -0.15) is 0 Å². The fraction of sp³-hybridized carbons (Fsp3) is 0.188. The van der Waals surface area contributed by atoms with E-state index in [2.05, 4.69) is 17.0 Å². The first-order valence-corrected chi connectivity index (χ1v) is 6.68. The number of benzene rings is 2. The molecule has 0 atom stereocenters. The van der Waals surface area contributed by atoms with Crippen LogP contribution in [0.25, 0.3) is 0 Å². The molecule has 2 rings (SSSR count). The molecular formula is C16H16ClNO2. The van der Waals surface area contributed by atoms with Crippen LogP contribution in [0.15, 0.2) is 48.5 Å². The summed E-state index contributed by atoms with van der Waals surface area (Å²) in [5, 5.41) is 9.40. The molecule has 3 nitrogen and oxygen atoms in total. The number of carboxylic acid groups (broad SMARTS) is 1. The van der Waals surface area contributed by atoms with Gasteiger partial charge in [0, 0.05) is 18.1 Å². The van der Waals surface area contributed by atoms with Gasteiger partial charge < -0.3 is 5.11 Å². The fourth-order valence-electron chi connectivity index (χ4n) is 2.05. The second kappa shape index (κ2) is 6.55. The Labute approximate surface area is 123 Å². The highest BCUT2D eigenvalue weighted by atomic mass is 35.5. The van der Waals surface area contributed by atoms with Crippen LogP contribution < -0.4 is 0 Å². The molecule has 104 valence electrons. The average molecular weight is 290 g/mol. The molecule has 0 saturated carbocycles. The van der Waals surface area contributed by atoms with Crippen LogP contribution in [-0.2, 0) is 13.1 Å². The quantitative estimate of drug-likeness (QED) is 0.913. The van der Waals surface area contributed by atoms with Crippen molar-refractivity contribution in [2.24, 2.45) is 0 Å². The molecule has 0 fully saturated rings. The number of aromatic carboxylic acids is 1. The zero-order valence-corrected chi connectivity index (χ0v) is 12.0. The average Bonchev–Trinajstić information content (AvgIpc) is 2.42. The van der Waals surface area contributed by atoms with Gasteiger partial charge in [0.1, 0.15) is 0 Å². The lowest BCUT2D eigenvalue weighted by molar-refractivity contribution is 0.0697. The summed E-state index contributed by atoms with van der Waals surface area (Å²) in [6.07, 6.45) is 0. The van der Waals surface area contributed by atoms with Gasteiger partial charge in [0.15, 0.2) is 0 Å². The first-order chi connectivity index (χ1) is 9.56. The Morgan fingerprint density at radius 1 is 1.15 bits per heavy atom. The van der Waals surface area contributed by atoms with E-state index in [0.717, 1.165) is 12.1 Å². The number of rotatable bonds is 5. The van der Waals surface area contributed by atoms with E-state index in [1.54, 1.807) is 12.1 Å². The van der Waals surface area contributed by atoms with E-state index in [9.17, 15) is 4.79 Å². The van der Waals surface area contributed by atoms with Crippen LogP contribution in [0.5, 0.6) is 0 Å². The molecule has 1 N–H and O–H groups in total. The van der Waals surface area contributed by atoms with E-state index in [4.69, 9.17) is 16.7 Å². The lowest BCUT2D eigenvalue weighted by atomic mass is 10.1. The molecule has 0 spiro atoms. The van der Waals surface area contributed by atoms with Crippen molar-refractivity contribution in [2.45, 2.75) is 13.1 Å². The molecule has 0 bridgehead atoms. The molecule has 4 heteroatoms. The fourth-order valence-corrected chi connectivity index (χ4v) is 2.29. The Bertz CT molecular complexity index is 599. The van der Waals surface area contributed by atoms with Gasteiger partial charge in [0.2, 0.25) is 0 Å². The van der Waals surface area contributed by atoms with Gasteiger partial charge in [0.05, 0.1) is 5.56 Å². The highest BCUT2D eigenvalue weighted by molar-refractivity contribution is 6.31. The normalized spacial score (nSPS) is 10.8. The van der Waals surface area contributed by atoms with Gasteiger partial charge in [-0.25, -0.2) is 4.79 Å². The Hall–Kier alpha value is -1.84. The highest BCUT2D eigenvalue weighted by Gasteiger charge is 2.09. The van der Waals surface area contributed by atoms with Crippen molar-refractivity contribution >= 4 is 17.6 Å². The lowest BCUT2D eigenvalue weighted by Gasteiger charge is -2.17. The summed E-state index contributed by atoms with van der Waals surface area (Å²) in [7, 11) is 2.01. The molecular weight excluding hydrogens is 274 g/mol. The molecule has 0 unspecified atom stereocenters. The summed E-state index contributed by atoms with van der Waals surface area (Å²) < 4.78 is 0. The summed E-state index contributed by atoms with van der Waals surface area (Å²) in [5.41, 5.74) is 2.37. The van der Waals surface area contributed by atoms with Crippen LogP contribution in [0.3, 0.4) is 0 Å². The topological polar surface area (TPSA) is 40.5 Å². The van der Waals surface area contributed by atoms with Crippen molar-refractivity contribution in [2.75, 3.05) is 7.05 Å². The predicted molar refractivity (Wildman–Crippen MR) is 80.0 cm³/mol. The summed E-state index contributed by atoms with van der Waals surface area (Å²) in [6.45, 7) is 1.49. The molecule has 0 heterocycles. The zero-order valence-electron chi connectivity index (χ0n) is 11.2. The zero-order chi connectivity index (χ0) is 14.5. The van der Waals surface area contributed by atoms with Crippen molar-refractivity contribution in [3.05, 3.63) is 70.2 Å². The van der Waals surface area contributed by atoms with E-state index in [-0.39, 0.29) is 5.56 Å². The molecule has 0 amide bonds. The van der Waals surface area contributed by atoms with Crippen molar-refractivity contribution in [1.82, 2.24) is 4.90 Å². The predicted octanol–water partition coefficient (Wildman–Crippen LogP) is 3.67. The standard InChI is InChI=1S/C16H16ClNO2/c1-18(10-12-5-3-2-4-6-12)11-14-8-7-13(16(19)20)9-15(14)17/h2-9H,10-11H2,1H3,(H,19,20). The Morgan fingerprint density at radius 2 is 1.85 bits per heavy atom. The second-order valence-corrected chi connectivity index (χ2v) is 5.18. The van der Waals surface area contributed by atoms with Crippen molar-refractivity contribution in [3.8, 4) is 0 Å². The molecule has 0 aliphatic carbocycles. The number of carboxylic acids is 1. The van der Waals surface area contributed by atoms with Crippen molar-refractivity contribution in [3.63, 3.8) is 0 Å². The smallest absolute Gasteiger partial charge is 0.335 e. The maximum absolute atomic E-state index is 10.9. The molecule has 2 aromatic carbocycles. The van der Waals surface area contributed by atoms with Gasteiger partial charge in [0.25, 0.3) is 0 Å². The number of halogens is 1. The molecule has 20 heavy (non-hydrogen) atoms. The summed E-state index contributed by atoms with van der Waals surface area (Å²) in [4.78, 5) is 13.0. The van der Waals surface area contributed by atoms with Crippen LogP contribution in [0.2, 0.25) is 5.02 Å². The SMILES string of the molecule is CN(Cc1ccccc1)Cc1ccc(C(=O)O)cc1Cl. The third-order valence-electron chi connectivity index (χ3n) is 3.04. The van der Waals surface area contributed by atoms with E-state index in [0.29, 0.717) is 11.6 Å². The van der Waals surface area contributed by atoms with Gasteiger partial charge in [-0.3, -0.25) is 4.90 Å². The van der Waals surface area contributed by atoms with Crippen molar-refractivity contribution in [1.29, 1.82) is 0 Å². The minimum atomic E-state index is -0.962. The van der Waals surface area contributed by atoms with E-state index in [1.807, 2.05) is 25.2 Å². The third kappa shape index (κ3) is 3.83. The Balaban J connectivity index is 2.04. The molecule has 2 aromatic rings. The minimum absolute atomic E-state index is 0.212. The minimum Gasteiger partial charge on any atom is -0.478 e. The van der Waals surface area contributed by atoms with E-state index < -0.39 is 5.97 Å². The van der Waals surface area contributed by atoms with Gasteiger partial charge in [-0.1, -0.05) is 48.0 Å². The maximum atomic E-state index is 10.9. The molecule has 0 aliphatic rings. The van der Waals surface area contributed by atoms with Crippen LogP contribution in [0, 0.1) is 0 Å². The number of hydrogen-bond donors (Lipinski definition) is 1. The van der Waals surface area contributed by atoms with Gasteiger partial charge >= 0.3 is 5.97 Å². The number of nitrogens with zero attached hydrogens (tertiary/aromatic N) is 1. The highest BCUT2D eigenvalue weighted by Crippen LogP contribution is 2.20. The van der Waals surface area contributed by atoms with Gasteiger partial charge in [-0.15, -0.1) is 0 Å². The first kappa shape index (κ1) is 14.6. The molecule has 0 aliphatic heterocycles. The second-order valence-electron chi connectivity index (χ2n) is 4.77. The van der Waals surface area contributed by atoms with Gasteiger partial charge in [-0.05, 0) is 30.3 Å². The van der Waals surface area contributed by atoms with Crippen LogP contribution in [0.1, 0.15) is 21.5 Å².